The minimum atomic E-state index is -4.63. The van der Waals surface area contributed by atoms with Gasteiger partial charge in [-0.25, -0.2) is 0 Å². The quantitative estimate of drug-likeness (QED) is 0.0195. The molecule has 0 rings (SSSR count). The Morgan fingerprint density at radius 3 is 1.25 bits per heavy atom. The van der Waals surface area contributed by atoms with Gasteiger partial charge in [-0.1, -0.05) is 222 Å². The van der Waals surface area contributed by atoms with Crippen LogP contribution in [0.2, 0.25) is 0 Å². The van der Waals surface area contributed by atoms with E-state index in [2.05, 4.69) is 86.8 Å². The first-order valence-electron chi connectivity index (χ1n) is 28.1. The summed E-state index contributed by atoms with van der Waals surface area (Å²) < 4.78 is 34.0. The van der Waals surface area contributed by atoms with Gasteiger partial charge in [-0.15, -0.1) is 0 Å². The van der Waals surface area contributed by atoms with Gasteiger partial charge in [-0.2, -0.15) is 0 Å². The highest BCUT2D eigenvalue weighted by Crippen LogP contribution is 2.38. The lowest BCUT2D eigenvalue weighted by Gasteiger charge is -2.28. The third-order valence-corrected chi connectivity index (χ3v) is 12.9. The highest BCUT2D eigenvalue weighted by atomic mass is 31.2. The van der Waals surface area contributed by atoms with Gasteiger partial charge in [0, 0.05) is 12.8 Å². The Morgan fingerprint density at radius 2 is 0.826 bits per heavy atom. The molecule has 0 N–H and O–H groups in total. The molecule has 69 heavy (non-hydrogen) atoms. The smallest absolute Gasteiger partial charge is 0.306 e. The van der Waals surface area contributed by atoms with E-state index >= 15 is 0 Å². The van der Waals surface area contributed by atoms with E-state index in [1.165, 1.54) is 109 Å². The number of carbonyl (C=O) groups is 2. The number of phosphoric ester groups is 1. The first-order valence-corrected chi connectivity index (χ1v) is 29.6. The molecule has 0 amide bonds. The summed E-state index contributed by atoms with van der Waals surface area (Å²) in [6, 6.07) is 0. The standard InChI is InChI=1S/C59H106NO8P/c1-6-8-10-12-14-16-18-19-20-21-22-23-24-25-26-27-28-29-30-31-32-33-34-35-36-37-38-39-40-41-42-44-46-48-50-52-59(62)68-57(56-67-69(63,64)66-54-53-60(3,4)5)55-65-58(61)51-49-47-45-43-17-15-13-11-9-7-2/h8,10-11,13-14,16,19-20,22-23,25-26,57H,6-7,9,12,15,17-18,21,24,27-56H2,1-5H3/b10-8-,13-11-,16-14-,20-19-,23-22-,26-25-. The summed E-state index contributed by atoms with van der Waals surface area (Å²) in [5.41, 5.74) is 0. The summed E-state index contributed by atoms with van der Waals surface area (Å²) in [5, 5.41) is 0. The molecule has 9 nitrogen and oxygen atoms in total. The minimum Gasteiger partial charge on any atom is -0.756 e. The van der Waals surface area contributed by atoms with E-state index in [1.54, 1.807) is 0 Å². The van der Waals surface area contributed by atoms with Crippen LogP contribution < -0.4 is 4.89 Å². The maximum atomic E-state index is 12.7. The van der Waals surface area contributed by atoms with E-state index in [9.17, 15) is 19.0 Å². The molecule has 400 valence electrons. The summed E-state index contributed by atoms with van der Waals surface area (Å²) in [5.74, 6) is -0.842. The van der Waals surface area contributed by atoms with Crippen LogP contribution in [0, 0.1) is 0 Å². The molecule has 0 fully saturated rings. The van der Waals surface area contributed by atoms with Gasteiger partial charge in [0.05, 0.1) is 27.7 Å². The fourth-order valence-electron chi connectivity index (χ4n) is 7.63. The van der Waals surface area contributed by atoms with Gasteiger partial charge >= 0.3 is 11.9 Å². The normalized spacial score (nSPS) is 13.9. The van der Waals surface area contributed by atoms with Crippen molar-refractivity contribution in [3.63, 3.8) is 0 Å². The number of nitrogens with zero attached hydrogens (tertiary/aromatic N) is 1. The largest absolute Gasteiger partial charge is 0.756 e. The molecule has 0 saturated carbocycles. The van der Waals surface area contributed by atoms with Gasteiger partial charge in [0.25, 0.3) is 7.82 Å². The molecule has 10 heteroatoms. The third kappa shape index (κ3) is 54.6. The number of likely N-dealkylation sites (N-methyl/N-ethyl adjacent to an activating group) is 1. The third-order valence-electron chi connectivity index (χ3n) is 11.9. The predicted molar refractivity (Wildman–Crippen MR) is 291 cm³/mol. The highest BCUT2D eigenvalue weighted by Gasteiger charge is 2.21. The van der Waals surface area contributed by atoms with Crippen molar-refractivity contribution < 1.29 is 42.1 Å². The zero-order valence-electron chi connectivity index (χ0n) is 45.2. The molecule has 0 aromatic carbocycles. The van der Waals surface area contributed by atoms with E-state index < -0.39 is 32.5 Å². The van der Waals surface area contributed by atoms with Gasteiger partial charge in [0.2, 0.25) is 0 Å². The average molecular weight is 988 g/mol. The Morgan fingerprint density at radius 1 is 0.464 bits per heavy atom. The Kier molecular flexibility index (Phi) is 48.5. The molecule has 0 radical (unpaired) electrons. The number of esters is 2. The number of hydrogen-bond donors (Lipinski definition) is 0. The second-order valence-electron chi connectivity index (χ2n) is 19.9. The molecule has 0 aliphatic heterocycles. The Balaban J connectivity index is 3.95. The fraction of sp³-hybridized carbons (Fsp3) is 0.763. The second kappa shape index (κ2) is 50.4. The van der Waals surface area contributed by atoms with Crippen LogP contribution in [0.5, 0.6) is 0 Å². The molecule has 0 aliphatic carbocycles. The lowest BCUT2D eigenvalue weighted by molar-refractivity contribution is -0.870. The summed E-state index contributed by atoms with van der Waals surface area (Å²) in [4.78, 5) is 37.6. The van der Waals surface area contributed by atoms with E-state index in [4.69, 9.17) is 18.5 Å². The van der Waals surface area contributed by atoms with Crippen molar-refractivity contribution in [3.05, 3.63) is 72.9 Å². The summed E-state index contributed by atoms with van der Waals surface area (Å²) in [6.07, 6.45) is 65.5. The van der Waals surface area contributed by atoms with E-state index in [0.717, 1.165) is 96.3 Å². The predicted octanol–water partition coefficient (Wildman–Crippen LogP) is 16.7. The molecular weight excluding hydrogens is 882 g/mol. The van der Waals surface area contributed by atoms with Crippen LogP contribution in [0.3, 0.4) is 0 Å². The molecule has 0 aromatic heterocycles. The fourth-order valence-corrected chi connectivity index (χ4v) is 8.36. The molecule has 2 unspecified atom stereocenters. The SMILES string of the molecule is CC/C=C\C/C=C\C/C=C\C/C=C\C/C=C\CCCCCCCCCCCCCCCCCCCCCC(=O)OC(COC(=O)CCCCCCC/C=C\CCC)COP(=O)([O-])OCC[N+](C)(C)C. The Hall–Kier alpha value is -2.55. The number of unbranched alkanes of at least 4 members (excludes halogenated alkanes) is 25. The van der Waals surface area contributed by atoms with Crippen molar-refractivity contribution >= 4 is 19.8 Å². The Labute approximate surface area is 425 Å². The lowest BCUT2D eigenvalue weighted by atomic mass is 10.0. The van der Waals surface area contributed by atoms with Crippen LogP contribution >= 0.6 is 7.82 Å². The van der Waals surface area contributed by atoms with Crippen LogP contribution in [-0.2, 0) is 32.7 Å². The molecule has 2 atom stereocenters. The number of ether oxygens (including phenoxy) is 2. The zero-order chi connectivity index (χ0) is 50.6. The average Bonchev–Trinajstić information content (AvgIpc) is 3.31. The van der Waals surface area contributed by atoms with E-state index in [1.807, 2.05) is 21.1 Å². The molecule has 0 aliphatic rings. The van der Waals surface area contributed by atoms with Gasteiger partial charge < -0.3 is 27.9 Å². The van der Waals surface area contributed by atoms with Gasteiger partial charge in [0.15, 0.2) is 6.10 Å². The van der Waals surface area contributed by atoms with Crippen LogP contribution in [0.15, 0.2) is 72.9 Å². The van der Waals surface area contributed by atoms with Crippen molar-refractivity contribution in [2.24, 2.45) is 0 Å². The summed E-state index contributed by atoms with van der Waals surface area (Å²) >= 11 is 0. The molecule has 0 bridgehead atoms. The summed E-state index contributed by atoms with van der Waals surface area (Å²) in [7, 11) is 1.16. The Bertz CT molecular complexity index is 1400. The van der Waals surface area contributed by atoms with Crippen molar-refractivity contribution in [3.8, 4) is 0 Å². The van der Waals surface area contributed by atoms with Crippen molar-refractivity contribution in [2.75, 3.05) is 47.5 Å². The van der Waals surface area contributed by atoms with E-state index in [-0.39, 0.29) is 26.1 Å². The molecule has 0 spiro atoms. The topological polar surface area (TPSA) is 111 Å². The maximum Gasteiger partial charge on any atom is 0.306 e. The molecule has 0 aromatic rings. The van der Waals surface area contributed by atoms with Crippen LogP contribution in [0.4, 0.5) is 0 Å². The van der Waals surface area contributed by atoms with Crippen molar-refractivity contribution in [1.82, 2.24) is 0 Å². The van der Waals surface area contributed by atoms with Crippen LogP contribution in [0.1, 0.15) is 239 Å². The first-order chi connectivity index (χ1) is 33.5. The van der Waals surface area contributed by atoms with Gasteiger partial charge in [0.1, 0.15) is 19.8 Å². The number of carbonyl (C=O) groups excluding carboxylic acids is 2. The summed E-state index contributed by atoms with van der Waals surface area (Å²) in [6.45, 7) is 4.05. The molecule has 0 heterocycles. The first kappa shape index (κ1) is 66.5. The molecule has 0 saturated heterocycles. The van der Waals surface area contributed by atoms with Crippen molar-refractivity contribution in [2.45, 2.75) is 245 Å². The number of quaternary nitrogens is 1. The van der Waals surface area contributed by atoms with Crippen LogP contribution in [0.25, 0.3) is 0 Å². The zero-order valence-corrected chi connectivity index (χ0v) is 46.1. The number of rotatable bonds is 51. The number of hydrogen-bond acceptors (Lipinski definition) is 8. The number of phosphoric acid groups is 1. The number of allylic oxidation sites excluding steroid dienone is 12. The van der Waals surface area contributed by atoms with Gasteiger partial charge in [-0.3, -0.25) is 14.2 Å². The van der Waals surface area contributed by atoms with Crippen molar-refractivity contribution in [1.29, 1.82) is 0 Å². The highest BCUT2D eigenvalue weighted by molar-refractivity contribution is 7.45. The van der Waals surface area contributed by atoms with Crippen LogP contribution in [-0.4, -0.2) is 70.0 Å². The lowest BCUT2D eigenvalue weighted by Crippen LogP contribution is -2.37. The maximum absolute atomic E-state index is 12.7. The molecular formula is C59H106NO8P. The second-order valence-corrected chi connectivity index (χ2v) is 21.3. The monoisotopic (exact) mass is 988 g/mol. The minimum absolute atomic E-state index is 0.0327. The van der Waals surface area contributed by atoms with E-state index in [0.29, 0.717) is 17.4 Å². The van der Waals surface area contributed by atoms with Gasteiger partial charge in [-0.05, 0) is 77.0 Å².